The molecule has 0 saturated carbocycles. The van der Waals surface area contributed by atoms with Gasteiger partial charge in [0.15, 0.2) is 5.17 Å². The molecule has 1 fully saturated rings. The molecular formula is C12H15N3OS. The van der Waals surface area contributed by atoms with Gasteiger partial charge in [-0.25, -0.2) is 4.99 Å². The molecule has 1 saturated heterocycles. The number of hydrogen-bond acceptors (Lipinski definition) is 5. The van der Waals surface area contributed by atoms with E-state index in [1.54, 1.807) is 11.8 Å². The lowest BCUT2D eigenvalue weighted by Crippen LogP contribution is -2.41. The molecule has 0 bridgehead atoms. The minimum atomic E-state index is -0.234. The number of nitrogen functional groups attached to an aromatic ring is 1. The van der Waals surface area contributed by atoms with Gasteiger partial charge in [-0.2, -0.15) is 0 Å². The van der Waals surface area contributed by atoms with Crippen LogP contribution in [0.4, 0.5) is 5.69 Å². The van der Waals surface area contributed by atoms with Crippen molar-refractivity contribution >= 4 is 22.6 Å². The van der Waals surface area contributed by atoms with Gasteiger partial charge in [-0.05, 0) is 17.7 Å². The molecule has 0 spiro atoms. The predicted molar refractivity (Wildman–Crippen MR) is 71.0 cm³/mol. The Hall–Kier alpha value is -1.20. The van der Waals surface area contributed by atoms with Gasteiger partial charge in [0.05, 0.1) is 11.9 Å². The molecule has 4 nitrogen and oxygen atoms in total. The molecule has 2 aliphatic rings. The maximum Gasteiger partial charge on any atom is 0.155 e. The molecule has 5 heteroatoms. The van der Waals surface area contributed by atoms with Gasteiger partial charge in [-0.15, -0.1) is 0 Å². The summed E-state index contributed by atoms with van der Waals surface area (Å²) < 4.78 is 5.53. The number of nitrogens with two attached hydrogens (primary N) is 2. The van der Waals surface area contributed by atoms with Crippen molar-refractivity contribution in [3.8, 4) is 0 Å². The fourth-order valence-electron chi connectivity index (χ4n) is 2.55. The predicted octanol–water partition coefficient (Wildman–Crippen LogP) is 1.31. The summed E-state index contributed by atoms with van der Waals surface area (Å²) in [5, 5.41) is 0.931. The third-order valence-electron chi connectivity index (χ3n) is 3.39. The number of aliphatic imine (C=N–C) groups is 1. The number of nitrogens with zero attached hydrogens (tertiary/aromatic N) is 1. The normalized spacial score (nSPS) is 32.0. The molecule has 17 heavy (non-hydrogen) atoms. The Morgan fingerprint density at radius 1 is 1.41 bits per heavy atom. The highest BCUT2D eigenvalue weighted by Crippen LogP contribution is 2.47. The van der Waals surface area contributed by atoms with Gasteiger partial charge in [-0.1, -0.05) is 23.9 Å². The second-order valence-electron chi connectivity index (χ2n) is 4.43. The Balaban J connectivity index is 2.08. The summed E-state index contributed by atoms with van der Waals surface area (Å²) in [4.78, 5) is 4.68. The molecule has 2 atom stereocenters. The summed E-state index contributed by atoms with van der Waals surface area (Å²) in [5.41, 5.74) is 13.4. The van der Waals surface area contributed by atoms with Crippen LogP contribution in [0, 0.1) is 0 Å². The van der Waals surface area contributed by atoms with Crippen LogP contribution in [0.2, 0.25) is 0 Å². The average molecular weight is 249 g/mol. The van der Waals surface area contributed by atoms with E-state index < -0.39 is 0 Å². The highest BCUT2D eigenvalue weighted by atomic mass is 32.2. The second kappa shape index (κ2) is 3.92. The molecule has 1 aromatic carbocycles. The maximum atomic E-state index is 5.88. The Kier molecular flexibility index (Phi) is 2.52. The largest absolute Gasteiger partial charge is 0.399 e. The minimum Gasteiger partial charge on any atom is -0.399 e. The fraction of sp³-hybridized carbons (Fsp3) is 0.417. The first-order valence-corrected chi connectivity index (χ1v) is 6.54. The van der Waals surface area contributed by atoms with Crippen LogP contribution in [0.3, 0.4) is 0 Å². The van der Waals surface area contributed by atoms with E-state index in [-0.39, 0.29) is 10.8 Å². The summed E-state index contributed by atoms with van der Waals surface area (Å²) in [5.74, 6) is 0. The van der Waals surface area contributed by atoms with Crippen molar-refractivity contribution in [3.63, 3.8) is 0 Å². The van der Waals surface area contributed by atoms with Gasteiger partial charge in [0, 0.05) is 18.7 Å². The monoisotopic (exact) mass is 249 g/mol. The SMILES string of the molecule is NC1=N[C@@]2(c3cccc(N)c3)CCOC[C@H]2S1. The molecule has 0 unspecified atom stereocenters. The van der Waals surface area contributed by atoms with Crippen LogP contribution in [-0.2, 0) is 10.3 Å². The zero-order chi connectivity index (χ0) is 11.9. The topological polar surface area (TPSA) is 73.6 Å². The van der Waals surface area contributed by atoms with Crippen molar-refractivity contribution in [2.24, 2.45) is 10.7 Å². The third-order valence-corrected chi connectivity index (χ3v) is 4.53. The summed E-state index contributed by atoms with van der Waals surface area (Å²) >= 11 is 1.61. The quantitative estimate of drug-likeness (QED) is 0.736. The third kappa shape index (κ3) is 1.70. The van der Waals surface area contributed by atoms with Crippen molar-refractivity contribution in [1.82, 2.24) is 0 Å². The molecular weight excluding hydrogens is 234 g/mol. The van der Waals surface area contributed by atoms with E-state index in [9.17, 15) is 0 Å². The summed E-state index contributed by atoms with van der Waals surface area (Å²) in [6.45, 7) is 1.42. The fourth-order valence-corrected chi connectivity index (χ4v) is 3.72. The molecule has 1 aromatic rings. The van der Waals surface area contributed by atoms with Crippen molar-refractivity contribution in [1.29, 1.82) is 0 Å². The number of benzene rings is 1. The van der Waals surface area contributed by atoms with Crippen LogP contribution in [0.1, 0.15) is 12.0 Å². The molecule has 4 N–H and O–H groups in total. The van der Waals surface area contributed by atoms with E-state index in [2.05, 4.69) is 11.1 Å². The number of anilines is 1. The van der Waals surface area contributed by atoms with Gasteiger partial charge < -0.3 is 16.2 Å². The molecule has 0 aromatic heterocycles. The van der Waals surface area contributed by atoms with Crippen LogP contribution in [0.25, 0.3) is 0 Å². The zero-order valence-corrected chi connectivity index (χ0v) is 10.2. The molecule has 0 amide bonds. The number of ether oxygens (including phenoxy) is 1. The van der Waals surface area contributed by atoms with Gasteiger partial charge >= 0.3 is 0 Å². The molecule has 3 rings (SSSR count). The van der Waals surface area contributed by atoms with Crippen LogP contribution in [0.5, 0.6) is 0 Å². The lowest BCUT2D eigenvalue weighted by Gasteiger charge is -2.36. The summed E-state index contributed by atoms with van der Waals surface area (Å²) in [6, 6.07) is 7.95. The van der Waals surface area contributed by atoms with E-state index in [0.717, 1.165) is 24.3 Å². The van der Waals surface area contributed by atoms with Crippen molar-refractivity contribution in [2.75, 3.05) is 18.9 Å². The summed E-state index contributed by atoms with van der Waals surface area (Å²) in [7, 11) is 0. The Bertz CT molecular complexity index is 477. The Labute approximate surface area is 104 Å². The number of hydrogen-bond donors (Lipinski definition) is 2. The smallest absolute Gasteiger partial charge is 0.155 e. The first-order valence-electron chi connectivity index (χ1n) is 5.66. The van der Waals surface area contributed by atoms with E-state index >= 15 is 0 Å². The van der Waals surface area contributed by atoms with Crippen LogP contribution >= 0.6 is 11.8 Å². The van der Waals surface area contributed by atoms with E-state index in [1.165, 1.54) is 0 Å². The zero-order valence-electron chi connectivity index (χ0n) is 9.43. The lowest BCUT2D eigenvalue weighted by atomic mass is 9.83. The average Bonchev–Trinajstić information content (AvgIpc) is 2.66. The second-order valence-corrected chi connectivity index (χ2v) is 5.65. The molecule has 0 aliphatic carbocycles. The van der Waals surface area contributed by atoms with Crippen LogP contribution in [0.15, 0.2) is 29.3 Å². The standard InChI is InChI=1S/C12H15N3OS/c13-9-3-1-2-8(6-9)12-4-5-16-7-10(12)17-11(14)15-12/h1-3,6,10H,4-5,7,13H2,(H2,14,15)/t10-,12-/m1/s1. The van der Waals surface area contributed by atoms with Crippen molar-refractivity contribution < 1.29 is 4.74 Å². The van der Waals surface area contributed by atoms with Crippen molar-refractivity contribution in [3.05, 3.63) is 29.8 Å². The molecule has 90 valence electrons. The van der Waals surface area contributed by atoms with Crippen LogP contribution < -0.4 is 11.5 Å². The Morgan fingerprint density at radius 3 is 3.12 bits per heavy atom. The van der Waals surface area contributed by atoms with Gasteiger partial charge in [0.25, 0.3) is 0 Å². The first-order chi connectivity index (χ1) is 8.21. The van der Waals surface area contributed by atoms with E-state index in [0.29, 0.717) is 11.8 Å². The molecule has 2 heterocycles. The van der Waals surface area contributed by atoms with Gasteiger partial charge in [-0.3, -0.25) is 0 Å². The van der Waals surface area contributed by atoms with E-state index in [1.807, 2.05) is 18.2 Å². The van der Waals surface area contributed by atoms with Gasteiger partial charge in [0.2, 0.25) is 0 Å². The molecule has 2 aliphatic heterocycles. The number of fused-ring (bicyclic) bond motifs is 1. The summed E-state index contributed by atoms with van der Waals surface area (Å²) in [6.07, 6.45) is 0.870. The number of thioether (sulfide) groups is 1. The van der Waals surface area contributed by atoms with Crippen molar-refractivity contribution in [2.45, 2.75) is 17.2 Å². The molecule has 0 radical (unpaired) electrons. The van der Waals surface area contributed by atoms with E-state index in [4.69, 9.17) is 16.2 Å². The van der Waals surface area contributed by atoms with Gasteiger partial charge in [0.1, 0.15) is 5.54 Å². The van der Waals surface area contributed by atoms with Crippen LogP contribution in [-0.4, -0.2) is 23.6 Å². The minimum absolute atomic E-state index is 0.234. The Morgan fingerprint density at radius 2 is 2.29 bits per heavy atom. The highest BCUT2D eigenvalue weighted by Gasteiger charge is 2.47. The highest BCUT2D eigenvalue weighted by molar-refractivity contribution is 8.14. The number of rotatable bonds is 1. The first kappa shape index (κ1) is 10.9. The lowest BCUT2D eigenvalue weighted by molar-refractivity contribution is 0.0611. The maximum absolute atomic E-state index is 5.88. The number of amidine groups is 1.